The van der Waals surface area contributed by atoms with E-state index in [1.807, 2.05) is 0 Å². The summed E-state index contributed by atoms with van der Waals surface area (Å²) >= 11 is 5.84. The van der Waals surface area contributed by atoms with Crippen LogP contribution in [0.1, 0.15) is 36.2 Å². The zero-order valence-corrected chi connectivity index (χ0v) is 14.7. The Bertz CT molecular complexity index is 920. The van der Waals surface area contributed by atoms with Gasteiger partial charge in [-0.15, -0.1) is 0 Å². The number of alkyl halides is 3. The van der Waals surface area contributed by atoms with Crippen molar-refractivity contribution in [2.24, 2.45) is 5.92 Å². The number of hydrogen-bond donors (Lipinski definition) is 2. The topological polar surface area (TPSA) is 79.0 Å². The first-order valence-corrected chi connectivity index (χ1v) is 8.14. The van der Waals surface area contributed by atoms with E-state index in [1.54, 1.807) is 13.8 Å². The maximum atomic E-state index is 13.3. The highest BCUT2D eigenvalue weighted by molar-refractivity contribution is 6.31. The molecule has 0 amide bonds. The molecule has 0 aliphatic carbocycles. The lowest BCUT2D eigenvalue weighted by atomic mass is 9.97. The summed E-state index contributed by atoms with van der Waals surface area (Å²) in [5.74, 6) is -1.09. The van der Waals surface area contributed by atoms with Gasteiger partial charge in [0.2, 0.25) is 0 Å². The number of nitrogens with one attached hydrogen (secondary N) is 2. The van der Waals surface area contributed by atoms with Crippen molar-refractivity contribution < 1.29 is 22.8 Å². The van der Waals surface area contributed by atoms with Gasteiger partial charge in [0.05, 0.1) is 16.8 Å². The summed E-state index contributed by atoms with van der Waals surface area (Å²) in [6, 6.07) is 1.95. The van der Waals surface area contributed by atoms with E-state index >= 15 is 0 Å². The molecule has 0 unspecified atom stereocenters. The predicted octanol–water partition coefficient (Wildman–Crippen LogP) is 4.04. The number of halogens is 4. The first kappa shape index (κ1) is 20.0. The number of ketones is 1. The Kier molecular flexibility index (Phi) is 5.75. The van der Waals surface area contributed by atoms with E-state index in [-0.39, 0.29) is 34.6 Å². The number of rotatable bonds is 6. The molecule has 2 aromatic rings. The summed E-state index contributed by atoms with van der Waals surface area (Å²) in [6.07, 6.45) is -4.09. The van der Waals surface area contributed by atoms with Crippen LogP contribution in [0.2, 0.25) is 5.02 Å². The predicted molar refractivity (Wildman–Crippen MR) is 92.9 cm³/mol. The molecule has 140 valence electrons. The minimum absolute atomic E-state index is 0.0423. The van der Waals surface area contributed by atoms with Gasteiger partial charge in [0.25, 0.3) is 5.56 Å². The summed E-state index contributed by atoms with van der Waals surface area (Å²) in [7, 11) is 0. The Hall–Kier alpha value is -2.35. The quantitative estimate of drug-likeness (QED) is 0.444. The Balaban J connectivity index is 2.90. The van der Waals surface area contributed by atoms with Crippen LogP contribution in [0.25, 0.3) is 10.9 Å². The molecule has 0 spiro atoms. The number of H-pyrrole nitrogens is 1. The molecular formula is C17H16ClF3N2O3. The van der Waals surface area contributed by atoms with E-state index in [2.05, 4.69) is 10.3 Å². The van der Waals surface area contributed by atoms with Gasteiger partial charge in [0.15, 0.2) is 5.78 Å². The second-order valence-electron chi connectivity index (χ2n) is 5.98. The number of carbonyl (C=O) groups excluding carboxylic acids is 2. The average Bonchev–Trinajstić information content (AvgIpc) is 2.53. The van der Waals surface area contributed by atoms with Crippen LogP contribution in [0.3, 0.4) is 0 Å². The fourth-order valence-electron chi connectivity index (χ4n) is 2.55. The van der Waals surface area contributed by atoms with E-state index < -0.39 is 34.5 Å². The van der Waals surface area contributed by atoms with Crippen LogP contribution in [0.15, 0.2) is 16.9 Å². The zero-order chi connectivity index (χ0) is 19.6. The van der Waals surface area contributed by atoms with Crippen molar-refractivity contribution in [1.29, 1.82) is 0 Å². The van der Waals surface area contributed by atoms with Gasteiger partial charge in [-0.1, -0.05) is 25.4 Å². The third-order valence-corrected chi connectivity index (χ3v) is 3.95. The Morgan fingerprint density at radius 1 is 1.35 bits per heavy atom. The molecule has 0 aliphatic rings. The molecule has 0 saturated carbocycles. The third kappa shape index (κ3) is 3.90. The molecule has 2 rings (SSSR count). The molecule has 26 heavy (non-hydrogen) atoms. The van der Waals surface area contributed by atoms with Crippen LogP contribution in [0.5, 0.6) is 0 Å². The van der Waals surface area contributed by atoms with Crippen molar-refractivity contribution in [2.45, 2.75) is 26.4 Å². The normalized spacial score (nSPS) is 11.8. The monoisotopic (exact) mass is 388 g/mol. The van der Waals surface area contributed by atoms with Gasteiger partial charge in [-0.05, 0) is 12.1 Å². The van der Waals surface area contributed by atoms with E-state index in [4.69, 9.17) is 11.6 Å². The highest BCUT2D eigenvalue weighted by Crippen LogP contribution is 2.38. The molecule has 0 radical (unpaired) electrons. The fourth-order valence-corrected chi connectivity index (χ4v) is 2.77. The summed E-state index contributed by atoms with van der Waals surface area (Å²) in [5, 5.41) is 2.50. The SMILES string of the molecule is CC(C)C(=O)c1c(NCCC=O)c2cc(Cl)cc(C(F)(F)F)c2[nH]c1=O. The highest BCUT2D eigenvalue weighted by atomic mass is 35.5. The van der Waals surface area contributed by atoms with Gasteiger partial charge in [-0.2, -0.15) is 13.2 Å². The molecule has 0 saturated heterocycles. The molecule has 0 fully saturated rings. The molecular weight excluding hydrogens is 373 g/mol. The van der Waals surface area contributed by atoms with Crippen LogP contribution in [0.4, 0.5) is 18.9 Å². The van der Waals surface area contributed by atoms with Crippen LogP contribution in [-0.2, 0) is 11.0 Å². The third-order valence-electron chi connectivity index (χ3n) is 3.73. The van der Waals surface area contributed by atoms with E-state index in [0.29, 0.717) is 12.4 Å². The smallest absolute Gasteiger partial charge is 0.383 e. The standard InChI is InChI=1S/C17H16ClF3N2O3/c1-8(2)15(25)12-14(22-4-3-5-24)10-6-9(18)7-11(17(19,20)21)13(10)23-16(12)26/h5-8H,3-4H2,1-2H3,(H2,22,23,26). The van der Waals surface area contributed by atoms with Gasteiger partial charge in [-0.3, -0.25) is 9.59 Å². The van der Waals surface area contributed by atoms with Crippen molar-refractivity contribution >= 4 is 40.3 Å². The molecule has 0 bridgehead atoms. The average molecular weight is 389 g/mol. The number of Topliss-reactive ketones (excluding diaryl/α,β-unsaturated/α-hetero) is 1. The maximum absolute atomic E-state index is 13.3. The van der Waals surface area contributed by atoms with Gasteiger partial charge >= 0.3 is 6.18 Å². The molecule has 2 N–H and O–H groups in total. The highest BCUT2D eigenvalue weighted by Gasteiger charge is 2.35. The van der Waals surface area contributed by atoms with E-state index in [0.717, 1.165) is 0 Å². The van der Waals surface area contributed by atoms with Crippen LogP contribution in [-0.4, -0.2) is 23.6 Å². The second-order valence-corrected chi connectivity index (χ2v) is 6.42. The number of aromatic amines is 1. The van der Waals surface area contributed by atoms with Crippen LogP contribution < -0.4 is 10.9 Å². The lowest BCUT2D eigenvalue weighted by Crippen LogP contribution is -2.25. The minimum Gasteiger partial charge on any atom is -0.383 e. The van der Waals surface area contributed by atoms with Gasteiger partial charge in [-0.25, -0.2) is 0 Å². The number of pyridine rings is 1. The van der Waals surface area contributed by atoms with E-state index in [9.17, 15) is 27.6 Å². The molecule has 5 nitrogen and oxygen atoms in total. The van der Waals surface area contributed by atoms with Crippen LogP contribution >= 0.6 is 11.6 Å². The number of aldehydes is 1. The Morgan fingerprint density at radius 2 is 2.00 bits per heavy atom. The summed E-state index contributed by atoms with van der Waals surface area (Å²) < 4.78 is 40.0. The van der Waals surface area contributed by atoms with Crippen molar-refractivity contribution in [2.75, 3.05) is 11.9 Å². The number of carbonyl (C=O) groups is 2. The first-order chi connectivity index (χ1) is 12.1. The molecule has 0 atom stereocenters. The zero-order valence-electron chi connectivity index (χ0n) is 14.0. The van der Waals surface area contributed by atoms with Crippen LogP contribution in [0, 0.1) is 5.92 Å². The van der Waals surface area contributed by atoms with Crippen molar-refractivity contribution in [3.8, 4) is 0 Å². The second kappa shape index (κ2) is 7.49. The maximum Gasteiger partial charge on any atom is 0.418 e. The van der Waals surface area contributed by atoms with Gasteiger partial charge < -0.3 is 15.1 Å². The molecule has 1 aromatic heterocycles. The fraction of sp³-hybridized carbons (Fsp3) is 0.353. The van der Waals surface area contributed by atoms with E-state index in [1.165, 1.54) is 6.07 Å². The van der Waals surface area contributed by atoms with Gasteiger partial charge in [0, 0.05) is 29.3 Å². The lowest BCUT2D eigenvalue weighted by Gasteiger charge is -2.17. The lowest BCUT2D eigenvalue weighted by molar-refractivity contribution is -0.136. The molecule has 0 aliphatic heterocycles. The number of benzene rings is 1. The van der Waals surface area contributed by atoms with Gasteiger partial charge in [0.1, 0.15) is 11.8 Å². The number of fused-ring (bicyclic) bond motifs is 1. The van der Waals surface area contributed by atoms with Crippen molar-refractivity contribution in [3.63, 3.8) is 0 Å². The number of hydrogen-bond acceptors (Lipinski definition) is 4. The summed E-state index contributed by atoms with van der Waals surface area (Å²) in [4.78, 5) is 37.6. The molecule has 1 heterocycles. The number of anilines is 1. The largest absolute Gasteiger partial charge is 0.418 e. The first-order valence-electron chi connectivity index (χ1n) is 7.76. The Labute approximate surface area is 151 Å². The summed E-state index contributed by atoms with van der Waals surface area (Å²) in [5.41, 5.74) is -2.86. The van der Waals surface area contributed by atoms with Crippen molar-refractivity contribution in [3.05, 3.63) is 38.6 Å². The van der Waals surface area contributed by atoms with Crippen molar-refractivity contribution in [1.82, 2.24) is 4.98 Å². The minimum atomic E-state index is -4.75. The summed E-state index contributed by atoms with van der Waals surface area (Å²) in [6.45, 7) is 3.19. The molecule has 1 aromatic carbocycles. The number of aromatic nitrogens is 1. The molecule has 9 heteroatoms. The Morgan fingerprint density at radius 3 is 2.54 bits per heavy atom.